The number of piperidine rings is 1. The van der Waals surface area contributed by atoms with Crippen LogP contribution in [0.1, 0.15) is 63.8 Å². The summed E-state index contributed by atoms with van der Waals surface area (Å²) >= 11 is 0. The maximum Gasteiger partial charge on any atom is 0.258 e. The molecule has 6 nitrogen and oxygen atoms in total. The molecule has 0 bridgehead atoms. The van der Waals surface area contributed by atoms with E-state index in [1.807, 2.05) is 35.0 Å². The van der Waals surface area contributed by atoms with Gasteiger partial charge in [-0.25, -0.2) is 0 Å². The predicted molar refractivity (Wildman–Crippen MR) is 115 cm³/mol. The molecular weight excluding hydrogens is 366 g/mol. The highest BCUT2D eigenvalue weighted by atomic mass is 16.3. The van der Waals surface area contributed by atoms with Crippen molar-refractivity contribution < 1.29 is 9.90 Å². The zero-order chi connectivity index (χ0) is 20.3. The molecule has 4 rings (SSSR count). The summed E-state index contributed by atoms with van der Waals surface area (Å²) in [5, 5.41) is 18.5. The monoisotopic (exact) mass is 397 g/mol. The lowest BCUT2D eigenvalue weighted by molar-refractivity contribution is -0.121. The minimum Gasteiger partial charge on any atom is -0.389 e. The molecule has 2 aliphatic rings. The number of rotatable bonds is 4. The molecule has 1 aromatic carbocycles. The fraction of sp³-hybridized carbons (Fsp3) is 0.565. The Hall–Kier alpha value is -2.18. The molecule has 6 heteroatoms. The van der Waals surface area contributed by atoms with Crippen molar-refractivity contribution in [2.24, 2.45) is 0 Å². The molecule has 3 N–H and O–H groups in total. The zero-order valence-corrected chi connectivity index (χ0v) is 17.0. The first-order valence-electron chi connectivity index (χ1n) is 10.9. The molecule has 1 saturated heterocycles. The number of fused-ring (bicyclic) bond motifs is 1. The van der Waals surface area contributed by atoms with Gasteiger partial charge in [-0.3, -0.25) is 9.59 Å². The summed E-state index contributed by atoms with van der Waals surface area (Å²) in [6.07, 6.45) is 9.38. The van der Waals surface area contributed by atoms with E-state index in [-0.39, 0.29) is 23.9 Å². The highest BCUT2D eigenvalue weighted by molar-refractivity contribution is 6.02. The zero-order valence-electron chi connectivity index (χ0n) is 17.0. The number of hydrogen-bond acceptors (Lipinski definition) is 4. The molecule has 1 amide bonds. The van der Waals surface area contributed by atoms with E-state index in [0.29, 0.717) is 23.9 Å². The Kier molecular flexibility index (Phi) is 6.01. The number of aromatic nitrogens is 1. The van der Waals surface area contributed by atoms with Crippen molar-refractivity contribution in [1.29, 1.82) is 0 Å². The minimum absolute atomic E-state index is 0.00658. The Morgan fingerprint density at radius 1 is 1.10 bits per heavy atom. The van der Waals surface area contributed by atoms with Crippen LogP contribution in [0.15, 0.2) is 35.3 Å². The molecule has 2 aromatic rings. The number of carbonyl (C=O) groups excluding carboxylic acids is 1. The first-order valence-corrected chi connectivity index (χ1v) is 10.9. The molecule has 0 radical (unpaired) electrons. The SMILES string of the molecule is O=C(CC1(O)CCCCCC1)Nc1cccc2c(=O)n(C3CCNCC3)ccc12. The molecule has 1 aliphatic heterocycles. The van der Waals surface area contributed by atoms with Gasteiger partial charge in [0.2, 0.25) is 5.91 Å². The number of pyridine rings is 1. The average molecular weight is 398 g/mol. The van der Waals surface area contributed by atoms with Crippen LogP contribution in [-0.2, 0) is 4.79 Å². The smallest absolute Gasteiger partial charge is 0.258 e. The van der Waals surface area contributed by atoms with E-state index in [9.17, 15) is 14.7 Å². The Labute approximate surface area is 171 Å². The van der Waals surface area contributed by atoms with Crippen LogP contribution in [-0.4, -0.2) is 34.3 Å². The molecule has 0 atom stereocenters. The van der Waals surface area contributed by atoms with Gasteiger partial charge in [0.05, 0.1) is 12.0 Å². The average Bonchev–Trinajstić information content (AvgIpc) is 2.93. The van der Waals surface area contributed by atoms with E-state index in [1.54, 1.807) is 0 Å². The van der Waals surface area contributed by atoms with E-state index >= 15 is 0 Å². The third-order valence-corrected chi connectivity index (χ3v) is 6.47. The quantitative estimate of drug-likeness (QED) is 0.691. The van der Waals surface area contributed by atoms with Gasteiger partial charge in [0.15, 0.2) is 0 Å². The molecule has 1 aromatic heterocycles. The first-order chi connectivity index (χ1) is 14.1. The number of anilines is 1. The second kappa shape index (κ2) is 8.67. The van der Waals surface area contributed by atoms with Crippen LogP contribution in [0.25, 0.3) is 10.8 Å². The maximum absolute atomic E-state index is 13.1. The van der Waals surface area contributed by atoms with E-state index in [2.05, 4.69) is 10.6 Å². The van der Waals surface area contributed by atoms with Gasteiger partial charge in [-0.2, -0.15) is 0 Å². The number of nitrogens with one attached hydrogen (secondary N) is 2. The number of aliphatic hydroxyl groups is 1. The van der Waals surface area contributed by atoms with Crippen molar-refractivity contribution in [2.45, 2.75) is 69.4 Å². The van der Waals surface area contributed by atoms with E-state index in [4.69, 9.17) is 0 Å². The lowest BCUT2D eigenvalue weighted by atomic mass is 9.90. The molecule has 29 heavy (non-hydrogen) atoms. The second-order valence-corrected chi connectivity index (χ2v) is 8.64. The highest BCUT2D eigenvalue weighted by Gasteiger charge is 2.30. The molecule has 0 unspecified atom stereocenters. The second-order valence-electron chi connectivity index (χ2n) is 8.64. The molecule has 0 spiro atoms. The summed E-state index contributed by atoms with van der Waals surface area (Å²) in [6, 6.07) is 7.60. The summed E-state index contributed by atoms with van der Waals surface area (Å²) in [6.45, 7) is 1.85. The van der Waals surface area contributed by atoms with Gasteiger partial charge < -0.3 is 20.3 Å². The van der Waals surface area contributed by atoms with Crippen molar-refractivity contribution in [3.8, 4) is 0 Å². The van der Waals surface area contributed by atoms with Crippen molar-refractivity contribution >= 4 is 22.4 Å². The lowest BCUT2D eigenvalue weighted by Crippen LogP contribution is -2.34. The maximum atomic E-state index is 13.1. The van der Waals surface area contributed by atoms with E-state index in [1.165, 1.54) is 0 Å². The number of carbonyl (C=O) groups is 1. The Balaban J connectivity index is 1.55. The third-order valence-electron chi connectivity index (χ3n) is 6.47. The predicted octanol–water partition coefficient (Wildman–Crippen LogP) is 3.34. The topological polar surface area (TPSA) is 83.4 Å². The van der Waals surface area contributed by atoms with Crippen LogP contribution >= 0.6 is 0 Å². The number of hydrogen-bond donors (Lipinski definition) is 3. The van der Waals surface area contributed by atoms with Crippen molar-refractivity contribution in [2.75, 3.05) is 18.4 Å². The Morgan fingerprint density at radius 2 is 1.83 bits per heavy atom. The van der Waals surface area contributed by atoms with Gasteiger partial charge in [0.25, 0.3) is 5.56 Å². The molecule has 1 saturated carbocycles. The summed E-state index contributed by atoms with van der Waals surface area (Å²) in [7, 11) is 0. The summed E-state index contributed by atoms with van der Waals surface area (Å²) in [4.78, 5) is 25.7. The first kappa shape index (κ1) is 20.1. The van der Waals surface area contributed by atoms with Crippen LogP contribution in [0.3, 0.4) is 0 Å². The van der Waals surface area contributed by atoms with Gasteiger partial charge in [0, 0.05) is 28.7 Å². The lowest BCUT2D eigenvalue weighted by Gasteiger charge is -2.26. The molecule has 1 aliphatic carbocycles. The van der Waals surface area contributed by atoms with Crippen LogP contribution in [0.2, 0.25) is 0 Å². The van der Waals surface area contributed by atoms with Gasteiger partial charge in [0.1, 0.15) is 0 Å². The number of benzene rings is 1. The van der Waals surface area contributed by atoms with Gasteiger partial charge in [-0.05, 0) is 57.0 Å². The fourth-order valence-corrected chi connectivity index (χ4v) is 4.83. The third kappa shape index (κ3) is 4.54. The standard InChI is InChI=1S/C23H31N3O3/c27-21(16-23(29)11-3-1-2-4-12-23)25-20-7-5-6-19-18(20)10-15-26(22(19)28)17-8-13-24-14-9-17/h5-7,10,15,17,24,29H,1-4,8-9,11-14,16H2,(H,25,27). The molecular formula is C23H31N3O3. The van der Waals surface area contributed by atoms with Crippen molar-refractivity contribution in [1.82, 2.24) is 9.88 Å². The van der Waals surface area contributed by atoms with Crippen molar-refractivity contribution in [3.63, 3.8) is 0 Å². The van der Waals surface area contributed by atoms with Crippen LogP contribution in [0.5, 0.6) is 0 Å². The van der Waals surface area contributed by atoms with E-state index < -0.39 is 5.60 Å². The molecule has 156 valence electrons. The van der Waals surface area contributed by atoms with Gasteiger partial charge >= 0.3 is 0 Å². The van der Waals surface area contributed by atoms with Gasteiger partial charge in [-0.15, -0.1) is 0 Å². The highest BCUT2D eigenvalue weighted by Crippen LogP contribution is 2.31. The van der Waals surface area contributed by atoms with E-state index in [0.717, 1.165) is 57.0 Å². The Morgan fingerprint density at radius 3 is 2.55 bits per heavy atom. The van der Waals surface area contributed by atoms with Gasteiger partial charge in [-0.1, -0.05) is 31.7 Å². The minimum atomic E-state index is -0.910. The summed E-state index contributed by atoms with van der Waals surface area (Å²) in [5.74, 6) is -0.190. The van der Waals surface area contributed by atoms with Crippen molar-refractivity contribution in [3.05, 3.63) is 40.8 Å². The Bertz CT molecular complexity index is 923. The largest absolute Gasteiger partial charge is 0.389 e. The molecule has 2 fully saturated rings. The number of amides is 1. The van der Waals surface area contributed by atoms with Crippen LogP contribution in [0, 0.1) is 0 Å². The number of nitrogens with zero attached hydrogens (tertiary/aromatic N) is 1. The summed E-state index contributed by atoms with van der Waals surface area (Å²) < 4.78 is 1.84. The fourth-order valence-electron chi connectivity index (χ4n) is 4.83. The summed E-state index contributed by atoms with van der Waals surface area (Å²) in [5.41, 5.74) is -0.278. The van der Waals surface area contributed by atoms with Crippen LogP contribution < -0.4 is 16.2 Å². The normalized spacial score (nSPS) is 20.3. The molecule has 2 heterocycles. The van der Waals surface area contributed by atoms with Crippen LogP contribution in [0.4, 0.5) is 5.69 Å².